The van der Waals surface area contributed by atoms with Crippen molar-refractivity contribution in [2.45, 2.75) is 39.9 Å². The quantitative estimate of drug-likeness (QED) is 0.112. The van der Waals surface area contributed by atoms with E-state index in [4.69, 9.17) is 18.9 Å². The molecule has 2 amide bonds. The number of amides is 2. The summed E-state index contributed by atoms with van der Waals surface area (Å²) in [4.78, 5) is 56.3. The Bertz CT molecular complexity index is 689. The van der Waals surface area contributed by atoms with E-state index in [9.17, 15) is 28.6 Å². The lowest BCUT2D eigenvalue weighted by molar-refractivity contribution is -0.228. The monoisotopic (exact) mass is 515 g/mol. The first-order valence-electron chi connectivity index (χ1n) is 10.2. The molecule has 0 bridgehead atoms. The van der Waals surface area contributed by atoms with Crippen molar-refractivity contribution in [1.29, 1.82) is 0 Å². The molecule has 16 heteroatoms. The molecule has 1 unspecified atom stereocenters. The van der Waals surface area contributed by atoms with E-state index in [1.807, 2.05) is 0 Å². The van der Waals surface area contributed by atoms with Crippen molar-refractivity contribution in [2.75, 3.05) is 52.7 Å². The summed E-state index contributed by atoms with van der Waals surface area (Å²) in [6, 6.07) is 0. The molecular weight excluding hydrogens is 483 g/mol. The first kappa shape index (κ1) is 31.6. The molecule has 0 saturated heterocycles. The van der Waals surface area contributed by atoms with Gasteiger partial charge in [0.2, 0.25) is 0 Å². The van der Waals surface area contributed by atoms with E-state index in [1.54, 1.807) is 13.8 Å². The predicted molar refractivity (Wildman–Crippen MR) is 111 cm³/mol. The van der Waals surface area contributed by atoms with Gasteiger partial charge >= 0.3 is 24.1 Å². The number of ether oxygens (including phenoxy) is 5. The highest BCUT2D eigenvalue weighted by Crippen LogP contribution is 2.38. The van der Waals surface area contributed by atoms with Gasteiger partial charge in [-0.15, -0.1) is 0 Å². The first-order valence-corrected chi connectivity index (χ1v) is 11.7. The minimum absolute atomic E-state index is 0.0747. The van der Waals surface area contributed by atoms with Gasteiger partial charge in [0.1, 0.15) is 13.2 Å². The van der Waals surface area contributed by atoms with Gasteiger partial charge in [0.25, 0.3) is 7.82 Å². The van der Waals surface area contributed by atoms with E-state index >= 15 is 0 Å². The third kappa shape index (κ3) is 20.2. The zero-order valence-electron chi connectivity index (χ0n) is 19.6. The number of esters is 2. The van der Waals surface area contributed by atoms with Crippen molar-refractivity contribution >= 4 is 31.9 Å². The Hall–Kier alpha value is -2.45. The van der Waals surface area contributed by atoms with Gasteiger partial charge in [0, 0.05) is 26.9 Å². The summed E-state index contributed by atoms with van der Waals surface area (Å²) in [5.41, 5.74) is 0. The van der Waals surface area contributed by atoms with Crippen LogP contribution in [0.15, 0.2) is 0 Å². The molecule has 0 spiro atoms. The van der Waals surface area contributed by atoms with Gasteiger partial charge in [-0.2, -0.15) is 0 Å². The molecule has 15 nitrogen and oxygen atoms in total. The van der Waals surface area contributed by atoms with E-state index in [2.05, 4.69) is 24.4 Å². The average molecular weight is 515 g/mol. The number of carbonyl (C=O) groups excluding carboxylic acids is 4. The third-order valence-electron chi connectivity index (χ3n) is 3.16. The van der Waals surface area contributed by atoms with Gasteiger partial charge in [0.15, 0.2) is 6.10 Å². The Morgan fingerprint density at radius 2 is 1.44 bits per heavy atom. The van der Waals surface area contributed by atoms with Crippen LogP contribution in [0.25, 0.3) is 0 Å². The van der Waals surface area contributed by atoms with E-state index in [-0.39, 0.29) is 39.0 Å². The van der Waals surface area contributed by atoms with Gasteiger partial charge in [-0.3, -0.25) is 14.2 Å². The maximum absolute atomic E-state index is 11.7. The maximum atomic E-state index is 11.7. The van der Waals surface area contributed by atoms with Gasteiger partial charge in [-0.25, -0.2) is 9.59 Å². The summed E-state index contributed by atoms with van der Waals surface area (Å²) in [7, 11) is -4.78. The third-order valence-corrected chi connectivity index (χ3v) is 4.13. The zero-order valence-corrected chi connectivity index (χ0v) is 20.5. The van der Waals surface area contributed by atoms with Crippen LogP contribution >= 0.6 is 7.82 Å². The van der Waals surface area contributed by atoms with Crippen molar-refractivity contribution in [3.63, 3.8) is 0 Å². The summed E-state index contributed by atoms with van der Waals surface area (Å²) < 4.78 is 45.2. The van der Waals surface area contributed by atoms with Crippen molar-refractivity contribution in [3.8, 4) is 0 Å². The molecule has 2 atom stereocenters. The Balaban J connectivity index is 3.90. The number of hydrogen-bond acceptors (Lipinski definition) is 13. The minimum atomic E-state index is -4.78. The lowest BCUT2D eigenvalue weighted by atomic mass is 10.4. The summed E-state index contributed by atoms with van der Waals surface area (Å²) >= 11 is 0. The first-order chi connectivity index (χ1) is 15.9. The minimum Gasteiger partial charge on any atom is -0.756 e. The molecule has 198 valence electrons. The summed E-state index contributed by atoms with van der Waals surface area (Å²) in [6.45, 7) is 4.38. The number of carbonyl (C=O) groups is 4. The van der Waals surface area contributed by atoms with Crippen molar-refractivity contribution < 1.29 is 61.4 Å². The molecule has 0 aliphatic heterocycles. The largest absolute Gasteiger partial charge is 0.756 e. The molecule has 0 aromatic rings. The van der Waals surface area contributed by atoms with Crippen LogP contribution in [-0.2, 0) is 46.9 Å². The molecular formula is C18H32N2O13P-. The fraction of sp³-hybridized carbons (Fsp3) is 0.778. The van der Waals surface area contributed by atoms with Crippen LogP contribution < -0.4 is 15.5 Å². The second-order valence-corrected chi connectivity index (χ2v) is 8.08. The van der Waals surface area contributed by atoms with E-state index in [0.29, 0.717) is 0 Å². The second kappa shape index (κ2) is 18.0. The Labute approximate surface area is 197 Å². The molecule has 0 heterocycles. The summed E-state index contributed by atoms with van der Waals surface area (Å²) in [6.07, 6.45) is -2.77. The SMILES string of the molecule is CC(=O)OC[C@H](COP(=O)([O-])OCCNC(=O)OCCOCCNC(=O)OC(C)C)OC(C)=O. The van der Waals surface area contributed by atoms with Crippen LogP contribution in [0.4, 0.5) is 9.59 Å². The fourth-order valence-electron chi connectivity index (χ4n) is 1.91. The predicted octanol–water partition coefficient (Wildman–Crippen LogP) is -0.140. The van der Waals surface area contributed by atoms with Crippen LogP contribution in [0.1, 0.15) is 27.7 Å². The number of nitrogens with one attached hydrogen (secondary N) is 2. The molecule has 34 heavy (non-hydrogen) atoms. The van der Waals surface area contributed by atoms with Crippen LogP contribution in [0, 0.1) is 0 Å². The number of phosphoric acid groups is 1. The lowest BCUT2D eigenvalue weighted by Gasteiger charge is -2.25. The highest BCUT2D eigenvalue weighted by molar-refractivity contribution is 7.45. The average Bonchev–Trinajstić information content (AvgIpc) is 2.71. The van der Waals surface area contributed by atoms with Crippen molar-refractivity contribution in [1.82, 2.24) is 10.6 Å². The van der Waals surface area contributed by atoms with Gasteiger partial charge in [-0.05, 0) is 13.8 Å². The molecule has 0 fully saturated rings. The maximum Gasteiger partial charge on any atom is 0.407 e. The number of alkyl carbamates (subject to hydrolysis) is 2. The highest BCUT2D eigenvalue weighted by Gasteiger charge is 2.19. The number of hydrogen-bond donors (Lipinski definition) is 2. The Morgan fingerprint density at radius 1 is 0.794 bits per heavy atom. The smallest absolute Gasteiger partial charge is 0.407 e. The van der Waals surface area contributed by atoms with E-state index < -0.39 is 57.9 Å². The molecule has 2 N–H and O–H groups in total. The Morgan fingerprint density at radius 3 is 2.06 bits per heavy atom. The van der Waals surface area contributed by atoms with Crippen LogP contribution in [-0.4, -0.2) is 89.1 Å². The van der Waals surface area contributed by atoms with Crippen LogP contribution in [0.5, 0.6) is 0 Å². The van der Waals surface area contributed by atoms with E-state index in [0.717, 1.165) is 13.8 Å². The van der Waals surface area contributed by atoms with Gasteiger partial charge in [-0.1, -0.05) is 0 Å². The van der Waals surface area contributed by atoms with Crippen LogP contribution in [0.3, 0.4) is 0 Å². The molecule has 0 aromatic heterocycles. The van der Waals surface area contributed by atoms with Crippen molar-refractivity contribution in [3.05, 3.63) is 0 Å². The normalized spacial score (nSPS) is 13.4. The molecule has 0 aliphatic rings. The standard InChI is InChI=1S/C18H33N2O13P/c1-13(2)32-18(24)20-5-7-27-9-10-28-17(23)19-6-8-30-34(25,26)31-12-16(33-15(4)22)11-29-14(3)21/h13,16H,5-12H2,1-4H3,(H,19,23)(H,20,24)(H,25,26)/p-1/t16-/m1/s1. The zero-order chi connectivity index (χ0) is 26.0. The fourth-order valence-corrected chi connectivity index (χ4v) is 2.65. The van der Waals surface area contributed by atoms with Gasteiger partial charge in [0.05, 0.1) is 32.5 Å². The highest BCUT2D eigenvalue weighted by atomic mass is 31.2. The molecule has 0 aliphatic carbocycles. The number of rotatable bonds is 17. The van der Waals surface area contributed by atoms with Gasteiger partial charge < -0.3 is 48.3 Å². The molecule has 0 saturated carbocycles. The molecule has 0 radical (unpaired) electrons. The second-order valence-electron chi connectivity index (χ2n) is 6.67. The summed E-state index contributed by atoms with van der Waals surface area (Å²) in [5.74, 6) is -1.37. The van der Waals surface area contributed by atoms with Crippen molar-refractivity contribution in [2.24, 2.45) is 0 Å². The number of phosphoric ester groups is 1. The van der Waals surface area contributed by atoms with E-state index in [1.165, 1.54) is 0 Å². The Kier molecular flexibility index (Phi) is 16.7. The molecule has 0 rings (SSSR count). The topological polar surface area (TPSA) is 197 Å². The summed E-state index contributed by atoms with van der Waals surface area (Å²) in [5, 5.41) is 4.73. The molecule has 0 aromatic carbocycles. The lowest BCUT2D eigenvalue weighted by Crippen LogP contribution is -2.31. The van der Waals surface area contributed by atoms with Crippen LogP contribution in [0.2, 0.25) is 0 Å².